The van der Waals surface area contributed by atoms with Crippen molar-refractivity contribution in [2.75, 3.05) is 7.11 Å². The van der Waals surface area contributed by atoms with Crippen molar-refractivity contribution in [1.82, 2.24) is 10.6 Å². The van der Waals surface area contributed by atoms with Crippen molar-refractivity contribution in [3.8, 4) is 0 Å². The van der Waals surface area contributed by atoms with Crippen molar-refractivity contribution < 1.29 is 19.1 Å². The van der Waals surface area contributed by atoms with E-state index in [1.807, 2.05) is 0 Å². The third-order valence-corrected chi connectivity index (χ3v) is 2.69. The van der Waals surface area contributed by atoms with Gasteiger partial charge >= 0.3 is 5.97 Å². The summed E-state index contributed by atoms with van der Waals surface area (Å²) >= 11 is 0. The van der Waals surface area contributed by atoms with Crippen molar-refractivity contribution in [3.05, 3.63) is 35.9 Å². The molecule has 6 heteroatoms. The van der Waals surface area contributed by atoms with Crippen LogP contribution < -0.4 is 10.6 Å². The van der Waals surface area contributed by atoms with E-state index in [4.69, 9.17) is 0 Å². The van der Waals surface area contributed by atoms with E-state index >= 15 is 0 Å². The molecule has 1 aromatic rings. The molecule has 0 aromatic heterocycles. The second-order valence-corrected chi connectivity index (χ2v) is 4.31. The summed E-state index contributed by atoms with van der Waals surface area (Å²) in [6.07, 6.45) is 0. The molecule has 0 saturated carbocycles. The fraction of sp³-hybridized carbons (Fsp3) is 0.357. The summed E-state index contributed by atoms with van der Waals surface area (Å²) in [5, 5.41) is 5.01. The zero-order valence-electron chi connectivity index (χ0n) is 11.7. The van der Waals surface area contributed by atoms with Gasteiger partial charge in [0.2, 0.25) is 5.91 Å². The molecule has 0 spiro atoms. The molecule has 0 aliphatic heterocycles. The van der Waals surface area contributed by atoms with Gasteiger partial charge in [0, 0.05) is 5.56 Å². The van der Waals surface area contributed by atoms with Crippen LogP contribution in [0.15, 0.2) is 30.3 Å². The summed E-state index contributed by atoms with van der Waals surface area (Å²) in [5.74, 6) is -1.34. The molecule has 0 radical (unpaired) electrons. The van der Waals surface area contributed by atoms with Crippen LogP contribution in [-0.2, 0) is 14.3 Å². The highest BCUT2D eigenvalue weighted by Gasteiger charge is 2.21. The fourth-order valence-electron chi connectivity index (χ4n) is 1.51. The largest absolute Gasteiger partial charge is 0.467 e. The number of ether oxygens (including phenoxy) is 1. The lowest BCUT2D eigenvalue weighted by Gasteiger charge is -2.17. The minimum Gasteiger partial charge on any atom is -0.467 e. The summed E-state index contributed by atoms with van der Waals surface area (Å²) in [6.45, 7) is 3.05. The van der Waals surface area contributed by atoms with Gasteiger partial charge in [0.1, 0.15) is 12.1 Å². The van der Waals surface area contributed by atoms with Gasteiger partial charge in [0.25, 0.3) is 5.91 Å². The number of methoxy groups -OCH3 is 1. The second kappa shape index (κ2) is 7.28. The van der Waals surface area contributed by atoms with Gasteiger partial charge < -0.3 is 15.4 Å². The van der Waals surface area contributed by atoms with Crippen LogP contribution >= 0.6 is 0 Å². The molecule has 0 aliphatic carbocycles. The predicted molar refractivity (Wildman–Crippen MR) is 73.0 cm³/mol. The van der Waals surface area contributed by atoms with Crippen LogP contribution in [0.2, 0.25) is 0 Å². The van der Waals surface area contributed by atoms with E-state index in [0.29, 0.717) is 5.56 Å². The van der Waals surface area contributed by atoms with Gasteiger partial charge in [-0.15, -0.1) is 0 Å². The summed E-state index contributed by atoms with van der Waals surface area (Å²) < 4.78 is 4.50. The smallest absolute Gasteiger partial charge is 0.328 e. The maximum Gasteiger partial charge on any atom is 0.328 e. The average Bonchev–Trinajstić information content (AvgIpc) is 2.46. The molecule has 0 saturated heterocycles. The van der Waals surface area contributed by atoms with Crippen LogP contribution in [0.3, 0.4) is 0 Å². The van der Waals surface area contributed by atoms with E-state index in [-0.39, 0.29) is 5.91 Å². The zero-order chi connectivity index (χ0) is 15.1. The van der Waals surface area contributed by atoms with Crippen molar-refractivity contribution in [2.45, 2.75) is 25.9 Å². The summed E-state index contributed by atoms with van der Waals surface area (Å²) in [5.41, 5.74) is 0.466. The third kappa shape index (κ3) is 4.38. The molecule has 1 aromatic carbocycles. The molecule has 0 fully saturated rings. The topological polar surface area (TPSA) is 84.5 Å². The van der Waals surface area contributed by atoms with Gasteiger partial charge in [-0.3, -0.25) is 9.59 Å². The first-order chi connectivity index (χ1) is 9.45. The Labute approximate surface area is 117 Å². The second-order valence-electron chi connectivity index (χ2n) is 4.31. The number of hydrogen-bond donors (Lipinski definition) is 2. The molecule has 0 bridgehead atoms. The summed E-state index contributed by atoms with van der Waals surface area (Å²) in [7, 11) is 1.24. The number of amides is 2. The van der Waals surface area contributed by atoms with Gasteiger partial charge in [0.15, 0.2) is 0 Å². The van der Waals surface area contributed by atoms with E-state index in [1.165, 1.54) is 14.0 Å². The minimum atomic E-state index is -0.761. The maximum absolute atomic E-state index is 11.9. The highest BCUT2D eigenvalue weighted by atomic mass is 16.5. The average molecular weight is 278 g/mol. The standard InChI is InChI=1S/C14H18N2O4/c1-9(12(17)16-10(2)14(19)20-3)15-13(18)11-7-5-4-6-8-11/h4-10H,1-3H3,(H,15,18)(H,16,17). The van der Waals surface area contributed by atoms with Gasteiger partial charge in [-0.25, -0.2) is 4.79 Å². The molecular formula is C14H18N2O4. The number of carbonyl (C=O) groups is 3. The van der Waals surface area contributed by atoms with Crippen LogP contribution in [0.4, 0.5) is 0 Å². The third-order valence-electron chi connectivity index (χ3n) is 2.69. The SMILES string of the molecule is COC(=O)C(C)NC(=O)C(C)NC(=O)c1ccccc1. The van der Waals surface area contributed by atoms with Gasteiger partial charge in [-0.05, 0) is 26.0 Å². The van der Waals surface area contributed by atoms with E-state index in [9.17, 15) is 14.4 Å². The Hall–Kier alpha value is -2.37. The van der Waals surface area contributed by atoms with Gasteiger partial charge in [-0.2, -0.15) is 0 Å². The lowest BCUT2D eigenvalue weighted by atomic mass is 10.2. The van der Waals surface area contributed by atoms with Crippen LogP contribution in [0.1, 0.15) is 24.2 Å². The van der Waals surface area contributed by atoms with Crippen LogP contribution in [0, 0.1) is 0 Å². The van der Waals surface area contributed by atoms with Crippen molar-refractivity contribution in [2.24, 2.45) is 0 Å². The lowest BCUT2D eigenvalue weighted by molar-refractivity contribution is -0.144. The molecule has 2 N–H and O–H groups in total. The molecular weight excluding hydrogens is 260 g/mol. The minimum absolute atomic E-state index is 0.348. The van der Waals surface area contributed by atoms with Crippen LogP contribution in [0.25, 0.3) is 0 Å². The van der Waals surface area contributed by atoms with Crippen molar-refractivity contribution in [1.29, 1.82) is 0 Å². The van der Waals surface area contributed by atoms with Crippen LogP contribution in [0.5, 0.6) is 0 Å². The Bertz CT molecular complexity index is 487. The first kappa shape index (κ1) is 15.7. The highest BCUT2D eigenvalue weighted by molar-refractivity contribution is 5.97. The Morgan fingerprint density at radius 3 is 2.15 bits per heavy atom. The summed E-state index contributed by atoms with van der Waals surface area (Å²) in [6, 6.07) is 7.05. The van der Waals surface area contributed by atoms with Gasteiger partial charge in [0.05, 0.1) is 7.11 Å². The van der Waals surface area contributed by atoms with E-state index in [2.05, 4.69) is 15.4 Å². The number of carbonyl (C=O) groups excluding carboxylic acids is 3. The Balaban J connectivity index is 2.54. The first-order valence-electron chi connectivity index (χ1n) is 6.19. The molecule has 2 amide bonds. The monoisotopic (exact) mass is 278 g/mol. The number of rotatable bonds is 5. The summed E-state index contributed by atoms with van der Waals surface area (Å²) in [4.78, 5) is 34.8. The molecule has 6 nitrogen and oxygen atoms in total. The van der Waals surface area contributed by atoms with E-state index < -0.39 is 24.0 Å². The van der Waals surface area contributed by atoms with E-state index in [0.717, 1.165) is 0 Å². The number of hydrogen-bond acceptors (Lipinski definition) is 4. The molecule has 2 atom stereocenters. The highest BCUT2D eigenvalue weighted by Crippen LogP contribution is 1.99. The van der Waals surface area contributed by atoms with Gasteiger partial charge in [-0.1, -0.05) is 18.2 Å². The predicted octanol–water partition coefficient (Wildman–Crippen LogP) is 0.483. The molecule has 0 aliphatic rings. The molecule has 2 unspecified atom stereocenters. The lowest BCUT2D eigenvalue weighted by Crippen LogP contribution is -2.49. The Morgan fingerprint density at radius 2 is 1.60 bits per heavy atom. The number of esters is 1. The molecule has 108 valence electrons. The Kier molecular flexibility index (Phi) is 5.71. The number of benzene rings is 1. The number of nitrogens with one attached hydrogen (secondary N) is 2. The normalized spacial score (nSPS) is 12.9. The molecule has 0 heterocycles. The molecule has 1 rings (SSSR count). The fourth-order valence-corrected chi connectivity index (χ4v) is 1.51. The van der Waals surface area contributed by atoms with Crippen molar-refractivity contribution >= 4 is 17.8 Å². The quantitative estimate of drug-likeness (QED) is 0.767. The Morgan fingerprint density at radius 1 is 1.00 bits per heavy atom. The molecule has 20 heavy (non-hydrogen) atoms. The van der Waals surface area contributed by atoms with Crippen LogP contribution in [-0.4, -0.2) is 37.0 Å². The zero-order valence-corrected chi connectivity index (χ0v) is 11.7. The maximum atomic E-state index is 11.9. The van der Waals surface area contributed by atoms with Crippen molar-refractivity contribution in [3.63, 3.8) is 0 Å². The first-order valence-corrected chi connectivity index (χ1v) is 6.19. The van der Waals surface area contributed by atoms with E-state index in [1.54, 1.807) is 37.3 Å².